The third-order valence-electron chi connectivity index (χ3n) is 0. The second-order valence-corrected chi connectivity index (χ2v) is 4.90. The molecule has 134 valence electrons. The van der Waals surface area contributed by atoms with Crippen molar-refractivity contribution in [3.05, 3.63) is 0 Å². The van der Waals surface area contributed by atoms with Crippen LogP contribution in [-0.2, 0) is 58.7 Å². The van der Waals surface area contributed by atoms with Crippen molar-refractivity contribution in [3.63, 3.8) is 0 Å². The smallest absolute Gasteiger partial charge is 0.759 e. The zero-order chi connectivity index (χ0) is 18.0. The van der Waals surface area contributed by atoms with E-state index in [9.17, 15) is 0 Å². The average Bonchev–Trinajstić information content (AvgIpc) is 1.62. The molecular weight excluding hydrogens is 494 g/mol. The Bertz CT molecular complexity index is 483. The van der Waals surface area contributed by atoms with Gasteiger partial charge in [-0.3, -0.25) is 33.7 Å². The molecule has 0 unspecified atom stereocenters. The molecule has 0 rings (SSSR count). The van der Waals surface area contributed by atoms with E-state index in [1.807, 2.05) is 0 Å². The summed E-state index contributed by atoms with van der Waals surface area (Å²) in [5, 5.41) is 0. The molecule has 0 fully saturated rings. The largest absolute Gasteiger partial charge is 3.00 e. The standard InChI is InChI=1S/2Al.Fe.4H2O4S/c;;;4*1-5(2,3)4/h;;;4*(H2,1,2,3,4)/q2*+3;+2;;;;/p-8. The van der Waals surface area contributed by atoms with Crippen LogP contribution in [0.1, 0.15) is 0 Å². The van der Waals surface area contributed by atoms with Gasteiger partial charge in [-0.15, -0.1) is 0 Å². The zero-order valence-electron chi connectivity index (χ0n) is 9.67. The Balaban J connectivity index is -0.0000000284. The minimum atomic E-state index is -5.17. The van der Waals surface area contributed by atoms with E-state index in [1.165, 1.54) is 0 Å². The predicted octanol–water partition coefficient (Wildman–Crippen LogP) is -6.12. The first kappa shape index (κ1) is 44.0. The molecule has 0 saturated heterocycles. The molecule has 0 aromatic heterocycles. The molecule has 0 heterocycles. The van der Waals surface area contributed by atoms with Crippen molar-refractivity contribution in [2.75, 3.05) is 0 Å². The summed E-state index contributed by atoms with van der Waals surface area (Å²) in [4.78, 5) is 0. The van der Waals surface area contributed by atoms with Gasteiger partial charge in [0.25, 0.3) is 0 Å². The Morgan fingerprint density at radius 1 is 0.348 bits per heavy atom. The van der Waals surface area contributed by atoms with Gasteiger partial charge in [0, 0.05) is 41.6 Å². The molecule has 0 bridgehead atoms. The first-order valence-corrected chi connectivity index (χ1v) is 8.00. The molecule has 0 spiro atoms. The quantitative estimate of drug-likeness (QED) is 0.172. The summed E-state index contributed by atoms with van der Waals surface area (Å²) in [5.74, 6) is 0. The van der Waals surface area contributed by atoms with Crippen molar-refractivity contribution in [2.24, 2.45) is 0 Å². The number of rotatable bonds is 0. The van der Waals surface area contributed by atoms with E-state index < -0.39 is 41.6 Å². The van der Waals surface area contributed by atoms with Crippen LogP contribution in [0.5, 0.6) is 0 Å². The minimum Gasteiger partial charge on any atom is -0.759 e. The summed E-state index contributed by atoms with van der Waals surface area (Å²) in [6.07, 6.45) is 0. The van der Waals surface area contributed by atoms with Crippen LogP contribution in [0.2, 0.25) is 0 Å². The van der Waals surface area contributed by atoms with Crippen LogP contribution >= 0.6 is 0 Å². The molecular formula is Al2FeO16S4. The van der Waals surface area contributed by atoms with Gasteiger partial charge < -0.3 is 36.4 Å². The summed E-state index contributed by atoms with van der Waals surface area (Å²) in [6, 6.07) is 0. The van der Waals surface area contributed by atoms with Crippen molar-refractivity contribution in [1.82, 2.24) is 0 Å². The van der Waals surface area contributed by atoms with Crippen molar-refractivity contribution < 1.29 is 87.2 Å². The molecule has 0 aliphatic carbocycles. The number of hydrogen-bond donors (Lipinski definition) is 0. The van der Waals surface area contributed by atoms with Crippen LogP contribution < -0.4 is 0 Å². The maximum atomic E-state index is 8.52. The van der Waals surface area contributed by atoms with Crippen LogP contribution in [0.4, 0.5) is 0 Å². The summed E-state index contributed by atoms with van der Waals surface area (Å²) in [6.45, 7) is 0. The third-order valence-corrected chi connectivity index (χ3v) is 0. The normalized spacial score (nSPS) is 10.1. The average molecular weight is 494 g/mol. The maximum absolute atomic E-state index is 8.52. The third kappa shape index (κ3) is 9030. The van der Waals surface area contributed by atoms with E-state index in [4.69, 9.17) is 70.1 Å². The summed E-state index contributed by atoms with van der Waals surface area (Å²) in [5.41, 5.74) is 0. The van der Waals surface area contributed by atoms with Crippen molar-refractivity contribution in [1.29, 1.82) is 0 Å². The van der Waals surface area contributed by atoms with Gasteiger partial charge in [-0.05, 0) is 0 Å². The Morgan fingerprint density at radius 3 is 0.348 bits per heavy atom. The second kappa shape index (κ2) is 17.9. The van der Waals surface area contributed by atoms with E-state index in [2.05, 4.69) is 0 Å². The molecule has 16 nitrogen and oxygen atoms in total. The van der Waals surface area contributed by atoms with Crippen LogP contribution in [0.3, 0.4) is 0 Å². The second-order valence-electron chi connectivity index (χ2n) is 1.63. The van der Waals surface area contributed by atoms with E-state index in [1.54, 1.807) is 0 Å². The van der Waals surface area contributed by atoms with Gasteiger partial charge in [0.05, 0.1) is 0 Å². The SMILES string of the molecule is O=S(=O)([O-])[O-].O=S(=O)([O-])[O-].O=S(=O)([O-])[O-].O=S(=O)([O-])[O-].[Al+3].[Al+3].[Fe+2]. The Morgan fingerprint density at radius 2 is 0.348 bits per heavy atom. The number of hydrogen-bond acceptors (Lipinski definition) is 16. The van der Waals surface area contributed by atoms with E-state index in [0.717, 1.165) is 0 Å². The summed E-state index contributed by atoms with van der Waals surface area (Å²) in [7, 11) is -20.7. The predicted molar refractivity (Wildman–Crippen MR) is 53.4 cm³/mol. The van der Waals surface area contributed by atoms with Gasteiger partial charge in [0.2, 0.25) is 0 Å². The van der Waals surface area contributed by atoms with Crippen LogP contribution in [0, 0.1) is 0 Å². The summed E-state index contributed by atoms with van der Waals surface area (Å²) >= 11 is 0. The van der Waals surface area contributed by atoms with Gasteiger partial charge in [0.1, 0.15) is 0 Å². The molecule has 23 heteroatoms. The molecule has 0 atom stereocenters. The molecule has 0 N–H and O–H groups in total. The van der Waals surface area contributed by atoms with Gasteiger partial charge in [-0.1, -0.05) is 0 Å². The van der Waals surface area contributed by atoms with Gasteiger partial charge in [-0.25, -0.2) is 0 Å². The Hall–Kier alpha value is 1.06. The Labute approximate surface area is 162 Å². The van der Waals surface area contributed by atoms with Crippen molar-refractivity contribution >= 4 is 76.3 Å². The molecule has 0 radical (unpaired) electrons. The minimum absolute atomic E-state index is 0. The van der Waals surface area contributed by atoms with Gasteiger partial charge in [-0.2, -0.15) is 0 Å². The fourth-order valence-electron chi connectivity index (χ4n) is 0. The fourth-order valence-corrected chi connectivity index (χ4v) is 0. The summed E-state index contributed by atoms with van der Waals surface area (Å²) < 4.78 is 136. The molecule has 23 heavy (non-hydrogen) atoms. The fraction of sp³-hybridized carbons (Fsp3) is 0. The van der Waals surface area contributed by atoms with Crippen LogP contribution in [-0.4, -0.2) is 105 Å². The molecule has 0 aromatic rings. The molecule has 0 amide bonds. The van der Waals surface area contributed by atoms with Crippen LogP contribution in [0.25, 0.3) is 0 Å². The van der Waals surface area contributed by atoms with E-state index in [0.29, 0.717) is 0 Å². The zero-order valence-corrected chi connectivity index (χ0v) is 16.4. The maximum Gasteiger partial charge on any atom is 3.00 e. The van der Waals surface area contributed by atoms with Crippen LogP contribution in [0.15, 0.2) is 0 Å². The topological polar surface area (TPSA) is 321 Å². The van der Waals surface area contributed by atoms with Crippen molar-refractivity contribution in [3.8, 4) is 0 Å². The van der Waals surface area contributed by atoms with Gasteiger partial charge >= 0.3 is 51.8 Å². The van der Waals surface area contributed by atoms with Crippen molar-refractivity contribution in [2.45, 2.75) is 0 Å². The van der Waals surface area contributed by atoms with E-state index in [-0.39, 0.29) is 51.8 Å². The Kier molecular flexibility index (Phi) is 34.2. The first-order chi connectivity index (χ1) is 8.00. The molecule has 0 aliphatic heterocycles. The first-order valence-electron chi connectivity index (χ1n) is 2.67. The molecule has 0 aromatic carbocycles. The molecule has 0 aliphatic rings. The van der Waals surface area contributed by atoms with Gasteiger partial charge in [0.15, 0.2) is 0 Å². The molecule has 0 saturated carbocycles. The monoisotopic (exact) mass is 494 g/mol. The van der Waals surface area contributed by atoms with E-state index >= 15 is 0 Å².